The fourth-order valence-corrected chi connectivity index (χ4v) is 5.64. The minimum Gasteiger partial charge on any atom is -0.395 e. The second-order valence-electron chi connectivity index (χ2n) is 10.3. The van der Waals surface area contributed by atoms with Crippen molar-refractivity contribution in [2.45, 2.75) is 45.1 Å². The van der Waals surface area contributed by atoms with E-state index in [1.165, 1.54) is 29.5 Å². The van der Waals surface area contributed by atoms with Gasteiger partial charge in [-0.05, 0) is 68.0 Å². The van der Waals surface area contributed by atoms with Crippen molar-refractivity contribution >= 4 is 11.5 Å². The molecule has 0 radical (unpaired) electrons. The van der Waals surface area contributed by atoms with Crippen molar-refractivity contribution in [2.75, 3.05) is 19.7 Å². The van der Waals surface area contributed by atoms with Crippen molar-refractivity contribution in [3.8, 4) is 5.69 Å². The molecule has 7 heteroatoms. The fraction of sp³-hybridized carbons (Fsp3) is 0.367. The first-order valence-electron chi connectivity index (χ1n) is 13.1. The predicted octanol–water partition coefficient (Wildman–Crippen LogP) is 4.09. The zero-order valence-corrected chi connectivity index (χ0v) is 21.4. The third-order valence-electron chi connectivity index (χ3n) is 7.66. The summed E-state index contributed by atoms with van der Waals surface area (Å²) in [5.74, 6) is 0.00660. The molecule has 192 valence electrons. The fourth-order valence-electron chi connectivity index (χ4n) is 5.64. The smallest absolute Gasteiger partial charge is 0.288 e. The summed E-state index contributed by atoms with van der Waals surface area (Å²) in [6.07, 6.45) is 12.3. The van der Waals surface area contributed by atoms with Crippen molar-refractivity contribution in [1.82, 2.24) is 19.7 Å². The van der Waals surface area contributed by atoms with Gasteiger partial charge in [0.25, 0.3) is 5.91 Å². The minimum absolute atomic E-state index is 0.0221. The Labute approximate surface area is 218 Å². The first-order chi connectivity index (χ1) is 18.0. The lowest BCUT2D eigenvalue weighted by Crippen LogP contribution is -2.48. The number of rotatable bonds is 8. The summed E-state index contributed by atoms with van der Waals surface area (Å²) in [7, 11) is 0. The van der Waals surface area contributed by atoms with Crippen LogP contribution in [0.2, 0.25) is 0 Å². The van der Waals surface area contributed by atoms with Crippen molar-refractivity contribution in [3.05, 3.63) is 95.6 Å². The number of amides is 1. The van der Waals surface area contributed by atoms with E-state index in [-0.39, 0.29) is 23.9 Å². The highest BCUT2D eigenvalue weighted by molar-refractivity contribution is 5.88. The molecule has 5 rings (SSSR count). The van der Waals surface area contributed by atoms with Crippen molar-refractivity contribution in [3.63, 3.8) is 0 Å². The molecule has 0 bridgehead atoms. The molecule has 7 nitrogen and oxygen atoms in total. The van der Waals surface area contributed by atoms with Gasteiger partial charge in [-0.15, -0.1) is 5.10 Å². The largest absolute Gasteiger partial charge is 0.395 e. The van der Waals surface area contributed by atoms with Gasteiger partial charge in [-0.2, -0.15) is 0 Å². The van der Waals surface area contributed by atoms with Gasteiger partial charge < -0.3 is 10.8 Å². The van der Waals surface area contributed by atoms with E-state index in [1.54, 1.807) is 4.68 Å². The molecule has 1 unspecified atom stereocenters. The first-order valence-corrected chi connectivity index (χ1v) is 13.1. The highest BCUT2D eigenvalue weighted by atomic mass is 16.3. The maximum absolute atomic E-state index is 11.5. The summed E-state index contributed by atoms with van der Waals surface area (Å²) in [6.45, 7) is 3.97. The number of likely N-dealkylation sites (tertiary alicyclic amines) is 1. The number of aliphatic hydroxyl groups is 1. The van der Waals surface area contributed by atoms with Crippen LogP contribution in [0.4, 0.5) is 0 Å². The average Bonchev–Trinajstić information content (AvgIpc) is 3.32. The van der Waals surface area contributed by atoms with Crippen LogP contribution < -0.4 is 5.73 Å². The van der Waals surface area contributed by atoms with E-state index in [9.17, 15) is 9.90 Å². The molecule has 1 fully saturated rings. The normalized spacial score (nSPS) is 22.1. The third kappa shape index (κ3) is 5.58. The number of benzene rings is 2. The Balaban J connectivity index is 1.40. The summed E-state index contributed by atoms with van der Waals surface area (Å²) in [5.41, 5.74) is 9.86. The van der Waals surface area contributed by atoms with E-state index in [2.05, 4.69) is 69.6 Å². The highest BCUT2D eigenvalue weighted by Gasteiger charge is 2.34. The van der Waals surface area contributed by atoms with Gasteiger partial charge in [-0.25, -0.2) is 9.67 Å². The number of aliphatic hydroxyl groups excluding tert-OH is 1. The zero-order chi connectivity index (χ0) is 25.8. The van der Waals surface area contributed by atoms with Gasteiger partial charge in [-0.1, -0.05) is 67.1 Å². The van der Waals surface area contributed by atoms with Gasteiger partial charge in [0, 0.05) is 18.0 Å². The second kappa shape index (κ2) is 10.8. The SMILES string of the molecule is Cc1nc(C(N)=O)nn1-c1ccc(C[C@]2(CN3CCCCC3CO)C=CC(c3ccccc3)=CC2)cc1. The summed E-state index contributed by atoms with van der Waals surface area (Å²) in [4.78, 5) is 18.1. The van der Waals surface area contributed by atoms with Crippen LogP contribution in [-0.2, 0) is 6.42 Å². The molecule has 1 aliphatic heterocycles. The summed E-state index contributed by atoms with van der Waals surface area (Å²) in [6, 6.07) is 19.1. The van der Waals surface area contributed by atoms with Crippen LogP contribution in [0.25, 0.3) is 11.3 Å². The maximum Gasteiger partial charge on any atom is 0.288 e. The number of nitrogens with zero attached hydrogens (tertiary/aromatic N) is 4. The van der Waals surface area contributed by atoms with E-state index >= 15 is 0 Å². The molecule has 2 aromatic carbocycles. The van der Waals surface area contributed by atoms with Crippen LogP contribution in [0.15, 0.2) is 72.8 Å². The van der Waals surface area contributed by atoms with E-state index in [1.807, 2.05) is 25.1 Å². The number of primary amides is 1. The Hall–Kier alpha value is -3.55. The topological polar surface area (TPSA) is 97.3 Å². The summed E-state index contributed by atoms with van der Waals surface area (Å²) in [5, 5.41) is 14.3. The molecule has 37 heavy (non-hydrogen) atoms. The number of hydrogen-bond donors (Lipinski definition) is 2. The number of aryl methyl sites for hydroxylation is 1. The van der Waals surface area contributed by atoms with Gasteiger partial charge >= 0.3 is 0 Å². The molecule has 0 spiro atoms. The number of allylic oxidation sites excluding steroid dienone is 3. The average molecular weight is 498 g/mol. The number of nitrogens with two attached hydrogens (primary N) is 1. The molecule has 0 saturated carbocycles. The summed E-state index contributed by atoms with van der Waals surface area (Å²) < 4.78 is 1.65. The lowest BCUT2D eigenvalue weighted by molar-refractivity contribution is 0.0609. The lowest BCUT2D eigenvalue weighted by Gasteiger charge is -2.42. The molecule has 2 atom stereocenters. The third-order valence-corrected chi connectivity index (χ3v) is 7.66. The number of carbonyl (C=O) groups excluding carboxylic acids is 1. The number of piperidine rings is 1. The second-order valence-corrected chi connectivity index (χ2v) is 10.3. The van der Waals surface area contributed by atoms with Crippen molar-refractivity contribution in [1.29, 1.82) is 0 Å². The van der Waals surface area contributed by atoms with Crippen LogP contribution in [0.3, 0.4) is 0 Å². The van der Waals surface area contributed by atoms with Crippen LogP contribution in [0.1, 0.15) is 53.3 Å². The van der Waals surface area contributed by atoms with Crippen LogP contribution in [0.5, 0.6) is 0 Å². The molecular weight excluding hydrogens is 462 g/mol. The quantitative estimate of drug-likeness (QED) is 0.489. The Bertz CT molecular complexity index is 1300. The minimum atomic E-state index is -0.633. The Morgan fingerprint density at radius 2 is 1.92 bits per heavy atom. The molecular formula is C30H35N5O2. The van der Waals surface area contributed by atoms with E-state index in [0.29, 0.717) is 5.82 Å². The van der Waals surface area contributed by atoms with Gasteiger partial charge in [-0.3, -0.25) is 9.69 Å². The number of aromatic nitrogens is 3. The van der Waals surface area contributed by atoms with E-state index < -0.39 is 5.91 Å². The first kappa shape index (κ1) is 25.1. The van der Waals surface area contributed by atoms with Crippen LogP contribution in [0, 0.1) is 12.3 Å². The van der Waals surface area contributed by atoms with Gasteiger partial charge in [0.15, 0.2) is 0 Å². The number of hydrogen-bond acceptors (Lipinski definition) is 5. The molecule has 3 N–H and O–H groups in total. The highest BCUT2D eigenvalue weighted by Crippen LogP contribution is 2.38. The summed E-state index contributed by atoms with van der Waals surface area (Å²) >= 11 is 0. The van der Waals surface area contributed by atoms with E-state index in [4.69, 9.17) is 5.73 Å². The van der Waals surface area contributed by atoms with E-state index in [0.717, 1.165) is 38.0 Å². The molecule has 1 aliphatic carbocycles. The van der Waals surface area contributed by atoms with Crippen LogP contribution in [-0.4, -0.2) is 56.4 Å². The van der Waals surface area contributed by atoms with Gasteiger partial charge in [0.2, 0.25) is 5.82 Å². The lowest BCUT2D eigenvalue weighted by atomic mass is 9.73. The van der Waals surface area contributed by atoms with Crippen molar-refractivity contribution < 1.29 is 9.90 Å². The maximum atomic E-state index is 11.5. The Morgan fingerprint density at radius 1 is 1.14 bits per heavy atom. The molecule has 1 amide bonds. The molecule has 2 heterocycles. The standard InChI is InChI=1S/C30H35N5O2/c1-22-32-29(28(31)37)33-35(22)26-12-10-23(11-13-26)19-30(21-34-18-6-5-9-27(34)20-36)16-14-25(15-17-30)24-7-3-2-4-8-24/h2-4,7-8,10-16,27,36H,5-6,9,17-21H2,1H3,(H2,31,37)/t27?,30-/m0/s1. The van der Waals surface area contributed by atoms with Gasteiger partial charge in [0.05, 0.1) is 12.3 Å². The molecule has 3 aromatic rings. The van der Waals surface area contributed by atoms with Crippen LogP contribution >= 0.6 is 0 Å². The predicted molar refractivity (Wildman–Crippen MR) is 145 cm³/mol. The van der Waals surface area contributed by atoms with Crippen molar-refractivity contribution in [2.24, 2.45) is 11.1 Å². The van der Waals surface area contributed by atoms with Gasteiger partial charge in [0.1, 0.15) is 5.82 Å². The molecule has 1 aromatic heterocycles. The monoisotopic (exact) mass is 497 g/mol. The molecule has 1 saturated heterocycles. The number of carbonyl (C=O) groups is 1. The molecule has 2 aliphatic rings. The Morgan fingerprint density at radius 3 is 2.57 bits per heavy atom. The zero-order valence-electron chi connectivity index (χ0n) is 21.4. The Kier molecular flexibility index (Phi) is 7.35.